The van der Waals surface area contributed by atoms with Crippen LogP contribution in [-0.4, -0.2) is 40.8 Å². The number of nitrogens with zero attached hydrogens (tertiary/aromatic N) is 2. The molecular formula is C26H29N5O3. The van der Waals surface area contributed by atoms with Gasteiger partial charge in [0.25, 0.3) is 11.8 Å². The molecule has 0 atom stereocenters. The second-order valence-electron chi connectivity index (χ2n) is 9.25. The van der Waals surface area contributed by atoms with Crippen molar-refractivity contribution in [1.82, 2.24) is 15.3 Å². The van der Waals surface area contributed by atoms with Crippen molar-refractivity contribution in [2.24, 2.45) is 5.92 Å². The largest absolute Gasteiger partial charge is 0.349 e. The van der Waals surface area contributed by atoms with Crippen molar-refractivity contribution in [3.63, 3.8) is 0 Å². The number of pyridine rings is 1. The van der Waals surface area contributed by atoms with Gasteiger partial charge in [-0.15, -0.1) is 0 Å². The van der Waals surface area contributed by atoms with Crippen LogP contribution in [-0.2, 0) is 4.79 Å². The molecule has 2 heterocycles. The molecule has 2 aliphatic carbocycles. The van der Waals surface area contributed by atoms with Crippen molar-refractivity contribution in [3.8, 4) is 0 Å². The summed E-state index contributed by atoms with van der Waals surface area (Å²) in [5, 5.41) is 6.52. The number of H-pyrrole nitrogens is 1. The molecule has 0 unspecified atom stereocenters. The van der Waals surface area contributed by atoms with Crippen molar-refractivity contribution in [2.45, 2.75) is 51.0 Å². The monoisotopic (exact) mass is 459 g/mol. The van der Waals surface area contributed by atoms with Gasteiger partial charge < -0.3 is 20.5 Å². The Balaban J connectivity index is 1.47. The highest BCUT2D eigenvalue weighted by Gasteiger charge is 2.29. The highest BCUT2D eigenvalue weighted by Crippen LogP contribution is 2.32. The number of benzene rings is 1. The number of anilines is 2. The third kappa shape index (κ3) is 4.53. The van der Waals surface area contributed by atoms with Crippen LogP contribution in [0.2, 0.25) is 0 Å². The molecule has 5 rings (SSSR count). The minimum Gasteiger partial charge on any atom is -0.349 e. The van der Waals surface area contributed by atoms with Gasteiger partial charge in [-0.25, -0.2) is 0 Å². The molecule has 3 amide bonds. The molecule has 176 valence electrons. The van der Waals surface area contributed by atoms with E-state index in [4.69, 9.17) is 0 Å². The number of hydrogen-bond acceptors (Lipinski definition) is 4. The molecule has 0 bridgehead atoms. The first-order valence-electron chi connectivity index (χ1n) is 12.0. The summed E-state index contributed by atoms with van der Waals surface area (Å²) in [6.45, 7) is 0. The Labute approximate surface area is 198 Å². The summed E-state index contributed by atoms with van der Waals surface area (Å²) >= 11 is 0. The summed E-state index contributed by atoms with van der Waals surface area (Å²) in [5.74, 6) is -0.128. The zero-order chi connectivity index (χ0) is 23.7. The molecule has 0 saturated heterocycles. The van der Waals surface area contributed by atoms with Crippen LogP contribution >= 0.6 is 0 Å². The highest BCUT2D eigenvalue weighted by atomic mass is 16.2. The molecule has 8 nitrogen and oxygen atoms in total. The highest BCUT2D eigenvalue weighted by molar-refractivity contribution is 6.16. The molecule has 34 heavy (non-hydrogen) atoms. The van der Waals surface area contributed by atoms with Crippen LogP contribution in [0.5, 0.6) is 0 Å². The van der Waals surface area contributed by atoms with Crippen LogP contribution in [0.4, 0.5) is 11.5 Å². The summed E-state index contributed by atoms with van der Waals surface area (Å²) in [6.07, 6.45) is 8.72. The number of hydrogen-bond donors (Lipinski definition) is 3. The van der Waals surface area contributed by atoms with Crippen molar-refractivity contribution in [3.05, 3.63) is 53.9 Å². The molecule has 0 aliphatic heterocycles. The van der Waals surface area contributed by atoms with Crippen LogP contribution in [0, 0.1) is 5.92 Å². The van der Waals surface area contributed by atoms with Crippen LogP contribution in [0.1, 0.15) is 65.8 Å². The minimum atomic E-state index is -0.405. The third-order valence-corrected chi connectivity index (χ3v) is 6.73. The lowest BCUT2D eigenvalue weighted by Gasteiger charge is -2.26. The van der Waals surface area contributed by atoms with Crippen molar-refractivity contribution in [1.29, 1.82) is 0 Å². The van der Waals surface area contributed by atoms with Crippen molar-refractivity contribution in [2.75, 3.05) is 17.3 Å². The molecule has 8 heteroatoms. The Bertz CT molecular complexity index is 1230. The fourth-order valence-electron chi connectivity index (χ4n) is 4.63. The summed E-state index contributed by atoms with van der Waals surface area (Å²) in [4.78, 5) is 47.9. The van der Waals surface area contributed by atoms with E-state index in [0.29, 0.717) is 22.3 Å². The van der Waals surface area contributed by atoms with E-state index in [-0.39, 0.29) is 29.5 Å². The van der Waals surface area contributed by atoms with E-state index in [1.807, 2.05) is 18.2 Å². The Hall–Kier alpha value is -3.68. The molecular weight excluding hydrogens is 430 g/mol. The fraction of sp³-hybridized carbons (Fsp3) is 0.385. The maximum atomic E-state index is 13.1. The molecule has 3 N–H and O–H groups in total. The van der Waals surface area contributed by atoms with Crippen LogP contribution < -0.4 is 15.5 Å². The lowest BCUT2D eigenvalue weighted by atomic mass is 9.88. The third-order valence-electron chi connectivity index (χ3n) is 6.73. The van der Waals surface area contributed by atoms with E-state index in [9.17, 15) is 14.4 Å². The van der Waals surface area contributed by atoms with Gasteiger partial charge in [-0.1, -0.05) is 25.3 Å². The molecule has 0 radical (unpaired) electrons. The summed E-state index contributed by atoms with van der Waals surface area (Å²) in [7, 11) is 1.80. The topological polar surface area (TPSA) is 107 Å². The molecule has 2 fully saturated rings. The number of aromatic amines is 1. The molecule has 3 aromatic rings. The van der Waals surface area contributed by atoms with Crippen molar-refractivity contribution >= 4 is 40.1 Å². The van der Waals surface area contributed by atoms with E-state index >= 15 is 0 Å². The first kappa shape index (κ1) is 22.1. The maximum absolute atomic E-state index is 13.1. The van der Waals surface area contributed by atoms with Gasteiger partial charge in [0.1, 0.15) is 11.5 Å². The Kier molecular flexibility index (Phi) is 6.04. The molecule has 2 aliphatic rings. The first-order chi connectivity index (χ1) is 16.5. The van der Waals surface area contributed by atoms with E-state index in [1.54, 1.807) is 36.3 Å². The lowest BCUT2D eigenvalue weighted by Crippen LogP contribution is -2.33. The first-order valence-corrected chi connectivity index (χ1v) is 12.0. The number of fused-ring (bicyclic) bond motifs is 1. The fourth-order valence-corrected chi connectivity index (χ4v) is 4.63. The SMILES string of the molecule is CN(C(=O)C1CCCCC1)c1ccc2c(C(=O)NC3CC3)c(NC(=O)c3ccccn3)[nH]c2c1. The van der Waals surface area contributed by atoms with Crippen LogP contribution in [0.3, 0.4) is 0 Å². The second-order valence-corrected chi connectivity index (χ2v) is 9.25. The standard InChI is InChI=1S/C26H29N5O3/c1-31(26(34)16-7-3-2-4-8-16)18-12-13-19-21(15-18)29-23(22(19)25(33)28-17-10-11-17)30-24(32)20-9-5-6-14-27-20/h5-6,9,12-17,29H,2-4,7-8,10-11H2,1H3,(H,28,33)(H,30,32). The average molecular weight is 460 g/mol. The Morgan fingerprint density at radius 3 is 2.50 bits per heavy atom. The van der Waals surface area contributed by atoms with Gasteiger partial charge in [0, 0.05) is 41.8 Å². The number of carbonyl (C=O) groups is 3. The van der Waals surface area contributed by atoms with Crippen LogP contribution in [0.25, 0.3) is 10.9 Å². The van der Waals surface area contributed by atoms with Gasteiger partial charge in [-0.05, 0) is 56.0 Å². The summed E-state index contributed by atoms with van der Waals surface area (Å²) in [5.41, 5.74) is 2.08. The number of aromatic nitrogens is 2. The van der Waals surface area contributed by atoms with E-state index in [1.165, 1.54) is 6.42 Å². The van der Waals surface area contributed by atoms with Gasteiger partial charge in [0.15, 0.2) is 0 Å². The zero-order valence-electron chi connectivity index (χ0n) is 19.3. The van der Waals surface area contributed by atoms with E-state index in [2.05, 4.69) is 20.6 Å². The van der Waals surface area contributed by atoms with E-state index in [0.717, 1.165) is 44.2 Å². The number of amides is 3. The molecule has 2 saturated carbocycles. The zero-order valence-corrected chi connectivity index (χ0v) is 19.3. The van der Waals surface area contributed by atoms with Gasteiger partial charge in [0.05, 0.1) is 5.56 Å². The Morgan fingerprint density at radius 1 is 1.00 bits per heavy atom. The Morgan fingerprint density at radius 2 is 1.79 bits per heavy atom. The number of nitrogens with one attached hydrogen (secondary N) is 3. The van der Waals surface area contributed by atoms with Gasteiger partial charge in [-0.3, -0.25) is 19.4 Å². The van der Waals surface area contributed by atoms with Crippen LogP contribution in [0.15, 0.2) is 42.6 Å². The van der Waals surface area contributed by atoms with E-state index < -0.39 is 5.91 Å². The summed E-state index contributed by atoms with van der Waals surface area (Å²) < 4.78 is 0. The predicted octanol–water partition coefficient (Wildman–Crippen LogP) is 4.25. The number of rotatable bonds is 6. The quantitative estimate of drug-likeness (QED) is 0.512. The van der Waals surface area contributed by atoms with Gasteiger partial charge in [0.2, 0.25) is 5.91 Å². The molecule has 1 aromatic carbocycles. The van der Waals surface area contributed by atoms with Gasteiger partial charge >= 0.3 is 0 Å². The minimum absolute atomic E-state index is 0.0613. The maximum Gasteiger partial charge on any atom is 0.275 e. The summed E-state index contributed by atoms with van der Waals surface area (Å²) in [6, 6.07) is 10.8. The normalized spacial score (nSPS) is 16.3. The van der Waals surface area contributed by atoms with Gasteiger partial charge in [-0.2, -0.15) is 0 Å². The molecule has 2 aromatic heterocycles. The smallest absolute Gasteiger partial charge is 0.275 e. The predicted molar refractivity (Wildman–Crippen MR) is 131 cm³/mol. The van der Waals surface area contributed by atoms with Crippen molar-refractivity contribution < 1.29 is 14.4 Å². The lowest BCUT2D eigenvalue weighted by molar-refractivity contribution is -0.123. The number of carbonyl (C=O) groups excluding carboxylic acids is 3. The second kappa shape index (κ2) is 9.29. The average Bonchev–Trinajstić information content (AvgIpc) is 3.61. The molecule has 0 spiro atoms.